The Balaban J connectivity index is 1.61. The van der Waals surface area contributed by atoms with Gasteiger partial charge in [0.15, 0.2) is 10.3 Å². The van der Waals surface area contributed by atoms with E-state index in [0.717, 1.165) is 35.2 Å². The highest BCUT2D eigenvalue weighted by molar-refractivity contribution is 7.98. The van der Waals surface area contributed by atoms with E-state index in [2.05, 4.69) is 10.3 Å². The van der Waals surface area contributed by atoms with Crippen LogP contribution in [0.2, 0.25) is 0 Å². The third kappa shape index (κ3) is 3.30. The summed E-state index contributed by atoms with van der Waals surface area (Å²) < 4.78 is 1.65. The predicted octanol–water partition coefficient (Wildman–Crippen LogP) is 3.58. The van der Waals surface area contributed by atoms with E-state index in [1.165, 1.54) is 46.9 Å². The molecule has 0 aliphatic heterocycles. The summed E-state index contributed by atoms with van der Waals surface area (Å²) in [6.07, 6.45) is 4.40. The minimum absolute atomic E-state index is 0.0501. The van der Waals surface area contributed by atoms with Crippen molar-refractivity contribution in [1.82, 2.24) is 14.5 Å². The van der Waals surface area contributed by atoms with Gasteiger partial charge in [-0.3, -0.25) is 14.2 Å². The number of thiophene rings is 1. The van der Waals surface area contributed by atoms with Crippen LogP contribution in [0.3, 0.4) is 0 Å². The van der Waals surface area contributed by atoms with Crippen LogP contribution >= 0.6 is 34.4 Å². The lowest BCUT2D eigenvalue weighted by molar-refractivity contribution is -0.114. The molecule has 1 aliphatic rings. The molecule has 0 saturated heterocycles. The molecule has 1 aliphatic carbocycles. The number of amides is 1. The zero-order valence-corrected chi connectivity index (χ0v) is 16.9. The Morgan fingerprint density at radius 2 is 2.15 bits per heavy atom. The molecule has 4 rings (SSSR count). The predicted molar refractivity (Wildman–Crippen MR) is 107 cm³/mol. The molecular weight excluding hydrogens is 388 g/mol. The van der Waals surface area contributed by atoms with Crippen molar-refractivity contribution in [2.75, 3.05) is 5.32 Å². The Bertz CT molecular complexity index is 1050. The number of aromatic nitrogens is 3. The number of carbonyl (C=O) groups is 1. The van der Waals surface area contributed by atoms with Crippen molar-refractivity contribution in [1.29, 1.82) is 0 Å². The molecule has 1 amide bonds. The van der Waals surface area contributed by atoms with Gasteiger partial charge in [-0.05, 0) is 31.2 Å². The molecule has 26 heavy (non-hydrogen) atoms. The van der Waals surface area contributed by atoms with Gasteiger partial charge in [0.05, 0.1) is 11.1 Å². The highest BCUT2D eigenvalue weighted by Gasteiger charge is 2.21. The number of hydrogen-bond donors (Lipinski definition) is 1. The molecule has 3 heterocycles. The summed E-state index contributed by atoms with van der Waals surface area (Å²) in [5.74, 6) is 0.474. The fraction of sp³-hybridized carbons (Fsp3) is 0.412. The molecule has 0 atom stereocenters. The van der Waals surface area contributed by atoms with Gasteiger partial charge in [0, 0.05) is 30.0 Å². The number of thioether (sulfide) groups is 1. The minimum Gasteiger partial charge on any atom is -0.302 e. The molecule has 0 radical (unpaired) electrons. The maximum Gasteiger partial charge on any atom is 0.262 e. The average Bonchev–Trinajstić information content (AvgIpc) is 3.20. The number of nitrogens with zero attached hydrogens (tertiary/aromatic N) is 3. The second-order valence-electron chi connectivity index (χ2n) is 6.26. The Labute approximate surface area is 162 Å². The van der Waals surface area contributed by atoms with E-state index in [-0.39, 0.29) is 11.5 Å². The van der Waals surface area contributed by atoms with E-state index in [1.807, 2.05) is 5.38 Å². The Kier molecular flexibility index (Phi) is 4.85. The lowest BCUT2D eigenvalue weighted by atomic mass is 9.97. The Morgan fingerprint density at radius 1 is 1.35 bits per heavy atom. The van der Waals surface area contributed by atoms with Crippen LogP contribution in [0, 0.1) is 0 Å². The van der Waals surface area contributed by atoms with E-state index in [0.29, 0.717) is 16.0 Å². The standard InChI is InChI=1S/C17H18N4O2S3/c1-9(22)18-16-19-10(7-24-16)8-25-17-20-14-13(15(23)21(17)2)11-5-3-4-6-12(11)26-14/h7H,3-6,8H2,1-2H3,(H,18,19,22). The third-order valence-corrected chi connectivity index (χ3v) is 7.39. The van der Waals surface area contributed by atoms with Crippen LogP contribution in [-0.4, -0.2) is 20.4 Å². The normalized spacial score (nSPS) is 13.8. The molecule has 9 heteroatoms. The molecule has 0 saturated carbocycles. The van der Waals surface area contributed by atoms with Crippen LogP contribution in [-0.2, 0) is 30.4 Å². The molecule has 0 unspecified atom stereocenters. The van der Waals surface area contributed by atoms with Crippen LogP contribution in [0.5, 0.6) is 0 Å². The summed E-state index contributed by atoms with van der Waals surface area (Å²) in [6, 6.07) is 0. The molecule has 3 aromatic rings. The second kappa shape index (κ2) is 7.13. The van der Waals surface area contributed by atoms with E-state index >= 15 is 0 Å². The number of thiazole rings is 1. The largest absolute Gasteiger partial charge is 0.302 e. The first kappa shape index (κ1) is 17.7. The van der Waals surface area contributed by atoms with Gasteiger partial charge in [-0.1, -0.05) is 11.8 Å². The number of aryl methyl sites for hydroxylation is 2. The molecule has 0 spiro atoms. The van der Waals surface area contributed by atoms with Gasteiger partial charge in [-0.2, -0.15) is 0 Å². The van der Waals surface area contributed by atoms with Crippen LogP contribution < -0.4 is 10.9 Å². The third-order valence-electron chi connectivity index (χ3n) is 4.34. The zero-order valence-electron chi connectivity index (χ0n) is 14.5. The second-order valence-corrected chi connectivity index (χ2v) is 9.15. The minimum atomic E-state index is -0.130. The van der Waals surface area contributed by atoms with Crippen molar-refractivity contribution in [3.05, 3.63) is 31.9 Å². The maximum atomic E-state index is 12.9. The lowest BCUT2D eigenvalue weighted by Gasteiger charge is -2.10. The van der Waals surface area contributed by atoms with Crippen LogP contribution in [0.15, 0.2) is 15.3 Å². The molecule has 3 aromatic heterocycles. The van der Waals surface area contributed by atoms with E-state index in [1.54, 1.807) is 23.0 Å². The number of nitrogens with one attached hydrogen (secondary N) is 1. The molecule has 136 valence electrons. The number of fused-ring (bicyclic) bond motifs is 3. The van der Waals surface area contributed by atoms with Crippen molar-refractivity contribution in [3.63, 3.8) is 0 Å². The molecule has 0 bridgehead atoms. The van der Waals surface area contributed by atoms with Crippen molar-refractivity contribution < 1.29 is 4.79 Å². The first-order valence-corrected chi connectivity index (χ1v) is 11.1. The smallest absolute Gasteiger partial charge is 0.262 e. The van der Waals surface area contributed by atoms with Crippen LogP contribution in [0.4, 0.5) is 5.13 Å². The summed E-state index contributed by atoms with van der Waals surface area (Å²) >= 11 is 4.57. The van der Waals surface area contributed by atoms with Crippen molar-refractivity contribution >= 4 is 55.7 Å². The lowest BCUT2D eigenvalue weighted by Crippen LogP contribution is -2.20. The summed E-state index contributed by atoms with van der Waals surface area (Å²) in [7, 11) is 1.79. The topological polar surface area (TPSA) is 76.9 Å². The number of rotatable bonds is 4. The van der Waals surface area contributed by atoms with Gasteiger partial charge in [-0.25, -0.2) is 9.97 Å². The van der Waals surface area contributed by atoms with Crippen molar-refractivity contribution in [2.45, 2.75) is 43.5 Å². The highest BCUT2D eigenvalue weighted by atomic mass is 32.2. The van der Waals surface area contributed by atoms with Gasteiger partial charge < -0.3 is 5.32 Å². The first-order chi connectivity index (χ1) is 12.5. The average molecular weight is 407 g/mol. The summed E-state index contributed by atoms with van der Waals surface area (Å²) in [6.45, 7) is 1.46. The molecule has 1 N–H and O–H groups in total. The van der Waals surface area contributed by atoms with Crippen molar-refractivity contribution in [3.8, 4) is 0 Å². The molecular formula is C17H18N4O2S3. The van der Waals surface area contributed by atoms with E-state index in [4.69, 9.17) is 4.98 Å². The van der Waals surface area contributed by atoms with E-state index < -0.39 is 0 Å². The van der Waals surface area contributed by atoms with Crippen LogP contribution in [0.1, 0.15) is 35.9 Å². The first-order valence-electron chi connectivity index (χ1n) is 8.39. The molecule has 0 fully saturated rings. The number of hydrogen-bond acceptors (Lipinski definition) is 7. The molecule has 6 nitrogen and oxygen atoms in total. The van der Waals surface area contributed by atoms with Gasteiger partial charge in [-0.15, -0.1) is 22.7 Å². The van der Waals surface area contributed by atoms with Crippen molar-refractivity contribution in [2.24, 2.45) is 7.05 Å². The fourth-order valence-electron chi connectivity index (χ4n) is 3.12. The van der Waals surface area contributed by atoms with Crippen LogP contribution in [0.25, 0.3) is 10.2 Å². The fourth-order valence-corrected chi connectivity index (χ4v) is 6.14. The zero-order chi connectivity index (χ0) is 18.3. The number of carbonyl (C=O) groups excluding carboxylic acids is 1. The van der Waals surface area contributed by atoms with Gasteiger partial charge in [0.25, 0.3) is 5.56 Å². The highest BCUT2D eigenvalue weighted by Crippen LogP contribution is 2.35. The number of anilines is 1. The maximum absolute atomic E-state index is 12.9. The van der Waals surface area contributed by atoms with Gasteiger partial charge >= 0.3 is 0 Å². The Morgan fingerprint density at radius 3 is 2.96 bits per heavy atom. The SMILES string of the molecule is CC(=O)Nc1nc(CSc2nc3sc4c(c3c(=O)n2C)CCCC4)cs1. The quantitative estimate of drug-likeness (QED) is 0.529. The monoisotopic (exact) mass is 406 g/mol. The molecule has 0 aromatic carbocycles. The van der Waals surface area contributed by atoms with Gasteiger partial charge in [0.1, 0.15) is 4.83 Å². The van der Waals surface area contributed by atoms with E-state index in [9.17, 15) is 9.59 Å². The summed E-state index contributed by atoms with van der Waals surface area (Å²) in [5, 5.41) is 6.72. The summed E-state index contributed by atoms with van der Waals surface area (Å²) in [5.41, 5.74) is 2.14. The summed E-state index contributed by atoms with van der Waals surface area (Å²) in [4.78, 5) is 35.3. The van der Waals surface area contributed by atoms with Gasteiger partial charge in [0.2, 0.25) is 5.91 Å². The Hall–Kier alpha value is -1.71.